The van der Waals surface area contributed by atoms with Crippen molar-refractivity contribution in [3.05, 3.63) is 42.2 Å². The SMILES string of the molecule is c1cnc(Nc2ccc3c(c2)COC2(CCN(C4CCC4)CC2)O3)nc1. The molecule has 3 aliphatic rings. The van der Waals surface area contributed by atoms with E-state index in [2.05, 4.69) is 26.3 Å². The molecule has 0 radical (unpaired) electrons. The molecule has 2 fully saturated rings. The van der Waals surface area contributed by atoms with Crippen molar-refractivity contribution in [1.29, 1.82) is 0 Å². The molecule has 1 N–H and O–H groups in total. The first-order valence-electron chi connectivity index (χ1n) is 9.54. The highest BCUT2D eigenvalue weighted by molar-refractivity contribution is 5.57. The van der Waals surface area contributed by atoms with E-state index < -0.39 is 5.79 Å². The Morgan fingerprint density at radius 2 is 1.92 bits per heavy atom. The number of nitrogens with one attached hydrogen (secondary N) is 1. The summed E-state index contributed by atoms with van der Waals surface area (Å²) >= 11 is 0. The van der Waals surface area contributed by atoms with E-state index in [0.29, 0.717) is 12.6 Å². The third kappa shape index (κ3) is 3.04. The second-order valence-electron chi connectivity index (χ2n) is 7.44. The first kappa shape index (κ1) is 16.0. The number of hydrogen-bond donors (Lipinski definition) is 1. The van der Waals surface area contributed by atoms with Gasteiger partial charge in [-0.05, 0) is 37.1 Å². The maximum absolute atomic E-state index is 6.34. The summed E-state index contributed by atoms with van der Waals surface area (Å²) in [5.74, 6) is 1.09. The second-order valence-corrected chi connectivity index (χ2v) is 7.44. The summed E-state index contributed by atoms with van der Waals surface area (Å²) in [6.07, 6.45) is 9.44. The molecule has 6 heteroatoms. The minimum Gasteiger partial charge on any atom is -0.462 e. The zero-order valence-corrected chi connectivity index (χ0v) is 14.9. The summed E-state index contributed by atoms with van der Waals surface area (Å²) in [4.78, 5) is 11.0. The van der Waals surface area contributed by atoms with Gasteiger partial charge in [-0.25, -0.2) is 9.97 Å². The molecule has 6 nitrogen and oxygen atoms in total. The topological polar surface area (TPSA) is 59.5 Å². The summed E-state index contributed by atoms with van der Waals surface area (Å²) in [6.45, 7) is 2.74. The molecule has 0 amide bonds. The fraction of sp³-hybridized carbons (Fsp3) is 0.500. The van der Waals surface area contributed by atoms with Crippen molar-refractivity contribution in [2.24, 2.45) is 0 Å². The maximum Gasteiger partial charge on any atom is 0.227 e. The van der Waals surface area contributed by atoms with Gasteiger partial charge in [-0.3, -0.25) is 4.90 Å². The van der Waals surface area contributed by atoms with Crippen LogP contribution in [-0.4, -0.2) is 39.8 Å². The minimum atomic E-state index is -0.440. The van der Waals surface area contributed by atoms with Crippen LogP contribution in [0.1, 0.15) is 37.7 Å². The molecule has 0 bridgehead atoms. The van der Waals surface area contributed by atoms with Gasteiger partial charge in [-0.1, -0.05) is 6.42 Å². The van der Waals surface area contributed by atoms with Crippen molar-refractivity contribution in [1.82, 2.24) is 14.9 Å². The summed E-state index contributed by atoms with van der Waals surface area (Å²) in [6, 6.07) is 8.70. The Balaban J connectivity index is 1.26. The van der Waals surface area contributed by atoms with Gasteiger partial charge in [-0.2, -0.15) is 0 Å². The van der Waals surface area contributed by atoms with Gasteiger partial charge in [0, 0.05) is 55.6 Å². The smallest absolute Gasteiger partial charge is 0.227 e. The summed E-state index contributed by atoms with van der Waals surface area (Å²) in [5, 5.41) is 3.22. The number of fused-ring (bicyclic) bond motifs is 1. The van der Waals surface area contributed by atoms with Gasteiger partial charge in [0.05, 0.1) is 6.61 Å². The number of piperidine rings is 1. The van der Waals surface area contributed by atoms with Crippen molar-refractivity contribution in [3.8, 4) is 5.75 Å². The lowest BCUT2D eigenvalue weighted by molar-refractivity contribution is -0.231. The van der Waals surface area contributed by atoms with Crippen LogP contribution < -0.4 is 10.1 Å². The fourth-order valence-electron chi connectivity index (χ4n) is 4.03. The predicted molar refractivity (Wildman–Crippen MR) is 98.4 cm³/mol. The number of aromatic nitrogens is 2. The van der Waals surface area contributed by atoms with Gasteiger partial charge in [0.15, 0.2) is 0 Å². The molecule has 1 spiro atoms. The Hall–Kier alpha value is -2.18. The van der Waals surface area contributed by atoms with Crippen LogP contribution in [0.3, 0.4) is 0 Å². The standard InChI is InChI=1S/C20H24N4O2/c1-3-17(4-1)24-11-7-20(8-12-24)25-14-15-13-16(5-6-18(15)26-20)23-19-21-9-2-10-22-19/h2,5-6,9-10,13,17H,1,3-4,7-8,11-12,14H2,(H,21,22,23). The van der Waals surface area contributed by atoms with E-state index in [1.165, 1.54) is 19.3 Å². The average Bonchev–Trinajstić information content (AvgIpc) is 2.63. The number of rotatable bonds is 3. The number of benzene rings is 1. The monoisotopic (exact) mass is 352 g/mol. The maximum atomic E-state index is 6.34. The largest absolute Gasteiger partial charge is 0.462 e. The Kier molecular flexibility index (Phi) is 4.02. The lowest BCUT2D eigenvalue weighted by Gasteiger charge is -2.47. The summed E-state index contributed by atoms with van der Waals surface area (Å²) in [7, 11) is 0. The molecule has 1 aromatic carbocycles. The van der Waals surface area contributed by atoms with E-state index in [9.17, 15) is 0 Å². The van der Waals surface area contributed by atoms with Crippen molar-refractivity contribution < 1.29 is 9.47 Å². The van der Waals surface area contributed by atoms with E-state index in [0.717, 1.165) is 49.0 Å². The molecule has 1 aliphatic carbocycles. The van der Waals surface area contributed by atoms with E-state index in [1.807, 2.05) is 12.1 Å². The van der Waals surface area contributed by atoms with Crippen molar-refractivity contribution >= 4 is 11.6 Å². The van der Waals surface area contributed by atoms with Gasteiger partial charge in [0.2, 0.25) is 11.7 Å². The van der Waals surface area contributed by atoms with E-state index >= 15 is 0 Å². The van der Waals surface area contributed by atoms with Crippen LogP contribution >= 0.6 is 0 Å². The highest BCUT2D eigenvalue weighted by atomic mass is 16.7. The van der Waals surface area contributed by atoms with Crippen LogP contribution in [0.25, 0.3) is 0 Å². The molecule has 1 saturated carbocycles. The molecule has 3 heterocycles. The normalized spacial score (nSPS) is 22.3. The molecule has 0 atom stereocenters. The Morgan fingerprint density at radius 1 is 1.12 bits per heavy atom. The zero-order chi connectivity index (χ0) is 17.4. The lowest BCUT2D eigenvalue weighted by Crippen LogP contribution is -2.54. The predicted octanol–water partition coefficient (Wildman–Crippen LogP) is 3.47. The molecule has 26 heavy (non-hydrogen) atoms. The first-order valence-corrected chi connectivity index (χ1v) is 9.54. The molecule has 0 unspecified atom stereocenters. The number of anilines is 2. The van der Waals surface area contributed by atoms with Crippen LogP contribution in [0.4, 0.5) is 11.6 Å². The average molecular weight is 352 g/mol. The Labute approximate surface area is 153 Å². The summed E-state index contributed by atoms with van der Waals surface area (Å²) in [5.41, 5.74) is 2.01. The van der Waals surface area contributed by atoms with Crippen LogP contribution in [0.15, 0.2) is 36.7 Å². The molecule has 1 saturated heterocycles. The van der Waals surface area contributed by atoms with Crippen molar-refractivity contribution in [3.63, 3.8) is 0 Å². The number of nitrogens with zero attached hydrogens (tertiary/aromatic N) is 3. The van der Waals surface area contributed by atoms with E-state index in [1.54, 1.807) is 18.5 Å². The second kappa shape index (κ2) is 6.52. The number of ether oxygens (including phenoxy) is 2. The number of likely N-dealkylation sites (tertiary alicyclic amines) is 1. The number of hydrogen-bond acceptors (Lipinski definition) is 6. The highest BCUT2D eigenvalue weighted by Gasteiger charge is 2.42. The van der Waals surface area contributed by atoms with Crippen molar-refractivity contribution in [2.45, 2.75) is 50.5 Å². The lowest BCUT2D eigenvalue weighted by atomic mass is 9.89. The first-order chi connectivity index (χ1) is 12.8. The minimum absolute atomic E-state index is 0.440. The van der Waals surface area contributed by atoms with E-state index in [4.69, 9.17) is 9.47 Å². The van der Waals surface area contributed by atoms with Gasteiger partial charge in [0.25, 0.3) is 0 Å². The Bertz CT molecular complexity index is 771. The fourth-order valence-corrected chi connectivity index (χ4v) is 4.03. The third-order valence-corrected chi connectivity index (χ3v) is 5.82. The summed E-state index contributed by atoms with van der Waals surface area (Å²) < 4.78 is 12.5. The third-order valence-electron chi connectivity index (χ3n) is 5.82. The van der Waals surface area contributed by atoms with Crippen LogP contribution in [0.5, 0.6) is 5.75 Å². The van der Waals surface area contributed by atoms with Gasteiger partial charge in [-0.15, -0.1) is 0 Å². The molecular formula is C20H24N4O2. The van der Waals surface area contributed by atoms with Crippen LogP contribution in [-0.2, 0) is 11.3 Å². The van der Waals surface area contributed by atoms with Gasteiger partial charge < -0.3 is 14.8 Å². The highest BCUT2D eigenvalue weighted by Crippen LogP contribution is 2.40. The van der Waals surface area contributed by atoms with Crippen LogP contribution in [0.2, 0.25) is 0 Å². The molecular weight excluding hydrogens is 328 g/mol. The van der Waals surface area contributed by atoms with Crippen LogP contribution in [0, 0.1) is 0 Å². The molecule has 2 aromatic rings. The quantitative estimate of drug-likeness (QED) is 0.913. The Morgan fingerprint density at radius 3 is 2.65 bits per heavy atom. The van der Waals surface area contributed by atoms with Gasteiger partial charge in [0.1, 0.15) is 5.75 Å². The molecule has 136 valence electrons. The zero-order valence-electron chi connectivity index (χ0n) is 14.9. The van der Waals surface area contributed by atoms with Crippen molar-refractivity contribution in [2.75, 3.05) is 18.4 Å². The molecule has 5 rings (SSSR count). The molecule has 2 aliphatic heterocycles. The van der Waals surface area contributed by atoms with E-state index in [-0.39, 0.29) is 0 Å². The van der Waals surface area contributed by atoms with Gasteiger partial charge >= 0.3 is 0 Å². The molecule has 1 aromatic heterocycles.